The van der Waals surface area contributed by atoms with Gasteiger partial charge >= 0.3 is 0 Å². The molecule has 1 fully saturated rings. The van der Waals surface area contributed by atoms with Crippen molar-refractivity contribution in [1.29, 1.82) is 0 Å². The van der Waals surface area contributed by atoms with Crippen LogP contribution < -0.4 is 5.32 Å². The summed E-state index contributed by atoms with van der Waals surface area (Å²) in [5, 5.41) is 6.58. The molecule has 1 saturated heterocycles. The molecule has 28 heavy (non-hydrogen) atoms. The number of hydrogen-bond donors (Lipinski definition) is 1. The Morgan fingerprint density at radius 1 is 1.00 bits per heavy atom. The number of nitrogens with zero attached hydrogens (tertiary/aromatic N) is 1. The Hall–Kier alpha value is -2.07. The summed E-state index contributed by atoms with van der Waals surface area (Å²) in [4.78, 5) is 15.1. The Bertz CT molecular complexity index is 992. The van der Waals surface area contributed by atoms with Crippen LogP contribution in [-0.4, -0.2) is 23.9 Å². The summed E-state index contributed by atoms with van der Waals surface area (Å²) in [5.74, 6) is 0.0211. The third-order valence-corrected chi connectivity index (χ3v) is 5.98. The lowest BCUT2D eigenvalue weighted by atomic mass is 9.95. The monoisotopic (exact) mass is 412 g/mol. The molecule has 1 N–H and O–H groups in total. The number of halogens is 2. The minimum absolute atomic E-state index is 0.00110. The zero-order valence-corrected chi connectivity index (χ0v) is 17.0. The Labute approximate surface area is 175 Å². The first-order valence-electron chi connectivity index (χ1n) is 9.55. The average molecular weight is 413 g/mol. The Balaban J connectivity index is 1.36. The highest BCUT2D eigenvalue weighted by Crippen LogP contribution is 2.28. The van der Waals surface area contributed by atoms with Gasteiger partial charge in [-0.15, -0.1) is 0 Å². The lowest BCUT2D eigenvalue weighted by molar-refractivity contribution is -0.121. The fraction of sp³-hybridized carbons (Fsp3) is 0.261. The molecule has 4 rings (SSSR count). The van der Waals surface area contributed by atoms with Crippen LogP contribution in [0.5, 0.6) is 0 Å². The van der Waals surface area contributed by atoms with Gasteiger partial charge < -0.3 is 5.32 Å². The largest absolute Gasteiger partial charge is 0.324 e. The van der Waals surface area contributed by atoms with Crippen molar-refractivity contribution in [2.45, 2.75) is 19.4 Å². The first kappa shape index (κ1) is 19.3. The van der Waals surface area contributed by atoms with Crippen LogP contribution in [0.4, 0.5) is 5.69 Å². The van der Waals surface area contributed by atoms with Crippen LogP contribution in [-0.2, 0) is 11.3 Å². The van der Waals surface area contributed by atoms with Gasteiger partial charge in [0, 0.05) is 17.5 Å². The number of amides is 1. The molecule has 1 aliphatic heterocycles. The van der Waals surface area contributed by atoms with Gasteiger partial charge in [0.2, 0.25) is 5.91 Å². The summed E-state index contributed by atoms with van der Waals surface area (Å²) in [6.07, 6.45) is 1.68. The van der Waals surface area contributed by atoms with Crippen molar-refractivity contribution in [3.8, 4) is 0 Å². The van der Waals surface area contributed by atoms with Crippen molar-refractivity contribution >= 4 is 45.6 Å². The second-order valence-corrected chi connectivity index (χ2v) is 8.15. The number of anilines is 1. The van der Waals surface area contributed by atoms with Crippen molar-refractivity contribution in [1.82, 2.24) is 4.90 Å². The second kappa shape index (κ2) is 8.52. The first-order chi connectivity index (χ1) is 13.6. The second-order valence-electron chi connectivity index (χ2n) is 7.30. The molecule has 1 amide bonds. The van der Waals surface area contributed by atoms with E-state index in [1.807, 2.05) is 0 Å². The summed E-state index contributed by atoms with van der Waals surface area (Å²) in [6.45, 7) is 2.73. The zero-order valence-electron chi connectivity index (χ0n) is 15.5. The maximum absolute atomic E-state index is 12.6. The minimum Gasteiger partial charge on any atom is -0.324 e. The van der Waals surface area contributed by atoms with Gasteiger partial charge in [-0.1, -0.05) is 65.7 Å². The van der Waals surface area contributed by atoms with Crippen LogP contribution in [0.25, 0.3) is 10.8 Å². The van der Waals surface area contributed by atoms with E-state index in [1.54, 1.807) is 18.2 Å². The highest BCUT2D eigenvalue weighted by atomic mass is 35.5. The number of carbonyl (C=O) groups is 1. The number of piperidine rings is 1. The number of rotatable bonds is 4. The number of benzene rings is 3. The van der Waals surface area contributed by atoms with E-state index in [-0.39, 0.29) is 11.8 Å². The number of nitrogens with one attached hydrogen (secondary N) is 1. The molecule has 0 atom stereocenters. The molecule has 144 valence electrons. The van der Waals surface area contributed by atoms with Crippen molar-refractivity contribution < 1.29 is 4.79 Å². The Morgan fingerprint density at radius 3 is 2.57 bits per heavy atom. The van der Waals surface area contributed by atoms with Gasteiger partial charge in [-0.25, -0.2) is 0 Å². The van der Waals surface area contributed by atoms with E-state index in [9.17, 15) is 4.79 Å². The molecule has 0 aromatic heterocycles. The number of carbonyl (C=O) groups excluding carboxylic acids is 1. The van der Waals surface area contributed by atoms with Crippen molar-refractivity contribution in [2.24, 2.45) is 5.92 Å². The lowest BCUT2D eigenvalue weighted by Crippen LogP contribution is -2.37. The SMILES string of the molecule is O=C(Nc1cc(Cl)ccc1Cl)C1CCN(Cc2cccc3ccccc23)CC1. The summed E-state index contributed by atoms with van der Waals surface area (Å²) < 4.78 is 0. The van der Waals surface area contributed by atoms with E-state index < -0.39 is 0 Å². The van der Waals surface area contributed by atoms with Crippen LogP contribution in [0.2, 0.25) is 10.0 Å². The molecule has 3 aromatic rings. The molecule has 0 saturated carbocycles. The smallest absolute Gasteiger partial charge is 0.227 e. The van der Waals surface area contributed by atoms with Crippen LogP contribution in [0.15, 0.2) is 60.7 Å². The number of hydrogen-bond acceptors (Lipinski definition) is 2. The third kappa shape index (κ3) is 4.33. The van der Waals surface area contributed by atoms with Gasteiger partial charge in [-0.05, 0) is 60.5 Å². The zero-order chi connectivity index (χ0) is 19.5. The van der Waals surface area contributed by atoms with Gasteiger partial charge in [0.1, 0.15) is 0 Å². The average Bonchev–Trinajstić information content (AvgIpc) is 2.71. The molecule has 0 spiro atoms. The number of likely N-dealkylation sites (tertiary alicyclic amines) is 1. The quantitative estimate of drug-likeness (QED) is 0.569. The normalized spacial score (nSPS) is 15.6. The fourth-order valence-corrected chi connectivity index (χ4v) is 4.19. The molecule has 3 aromatic carbocycles. The minimum atomic E-state index is -0.00110. The summed E-state index contributed by atoms with van der Waals surface area (Å²) in [5.41, 5.74) is 1.92. The van der Waals surface area contributed by atoms with Gasteiger partial charge in [-0.3, -0.25) is 9.69 Å². The highest BCUT2D eigenvalue weighted by molar-refractivity contribution is 6.35. The van der Waals surface area contributed by atoms with Crippen LogP contribution in [0.1, 0.15) is 18.4 Å². The van der Waals surface area contributed by atoms with E-state index in [0.29, 0.717) is 15.7 Å². The maximum atomic E-state index is 12.6. The summed E-state index contributed by atoms with van der Waals surface area (Å²) in [7, 11) is 0. The predicted molar refractivity (Wildman–Crippen MR) is 117 cm³/mol. The van der Waals surface area contributed by atoms with Crippen molar-refractivity contribution in [3.63, 3.8) is 0 Å². The van der Waals surface area contributed by atoms with Crippen molar-refractivity contribution in [2.75, 3.05) is 18.4 Å². The molecule has 0 bridgehead atoms. The van der Waals surface area contributed by atoms with E-state index in [1.165, 1.54) is 16.3 Å². The molecular formula is C23H22Cl2N2O. The fourth-order valence-electron chi connectivity index (χ4n) is 3.85. The third-order valence-electron chi connectivity index (χ3n) is 5.42. The molecule has 1 aliphatic rings. The molecule has 3 nitrogen and oxygen atoms in total. The Morgan fingerprint density at radius 2 is 1.75 bits per heavy atom. The topological polar surface area (TPSA) is 32.3 Å². The lowest BCUT2D eigenvalue weighted by Gasteiger charge is -2.31. The first-order valence-corrected chi connectivity index (χ1v) is 10.3. The standard InChI is InChI=1S/C23H22Cl2N2O/c24-19-8-9-21(25)22(14-19)26-23(28)17-10-12-27(13-11-17)15-18-6-3-5-16-4-1-2-7-20(16)18/h1-9,14,17H,10-13,15H2,(H,26,28). The molecule has 5 heteroatoms. The van der Waals surface area contributed by atoms with Crippen LogP contribution in [0, 0.1) is 5.92 Å². The van der Waals surface area contributed by atoms with E-state index >= 15 is 0 Å². The van der Waals surface area contributed by atoms with Gasteiger partial charge in [0.15, 0.2) is 0 Å². The molecule has 0 aliphatic carbocycles. The van der Waals surface area contributed by atoms with Crippen LogP contribution >= 0.6 is 23.2 Å². The molecular weight excluding hydrogens is 391 g/mol. The van der Waals surface area contributed by atoms with E-state index in [0.717, 1.165) is 32.5 Å². The van der Waals surface area contributed by atoms with E-state index in [4.69, 9.17) is 23.2 Å². The van der Waals surface area contributed by atoms with Crippen molar-refractivity contribution in [3.05, 3.63) is 76.3 Å². The van der Waals surface area contributed by atoms with Gasteiger partial charge in [0.05, 0.1) is 10.7 Å². The van der Waals surface area contributed by atoms with E-state index in [2.05, 4.69) is 52.7 Å². The maximum Gasteiger partial charge on any atom is 0.227 e. The summed E-state index contributed by atoms with van der Waals surface area (Å²) >= 11 is 12.2. The van der Waals surface area contributed by atoms with Gasteiger partial charge in [0.25, 0.3) is 0 Å². The van der Waals surface area contributed by atoms with Crippen LogP contribution in [0.3, 0.4) is 0 Å². The van der Waals surface area contributed by atoms with Gasteiger partial charge in [-0.2, -0.15) is 0 Å². The Kier molecular flexibility index (Phi) is 5.86. The predicted octanol–water partition coefficient (Wildman–Crippen LogP) is 6.00. The highest BCUT2D eigenvalue weighted by Gasteiger charge is 2.25. The number of fused-ring (bicyclic) bond motifs is 1. The molecule has 1 heterocycles. The summed E-state index contributed by atoms with van der Waals surface area (Å²) in [6, 6.07) is 20.1. The molecule has 0 radical (unpaired) electrons. The molecule has 0 unspecified atom stereocenters.